The third-order valence-electron chi connectivity index (χ3n) is 4.42. The minimum atomic E-state index is -3.96. The first-order valence-electron chi connectivity index (χ1n) is 8.66. The predicted molar refractivity (Wildman–Crippen MR) is 112 cm³/mol. The number of oxazole rings is 1. The van der Waals surface area contributed by atoms with Gasteiger partial charge < -0.3 is 14.1 Å². The predicted octanol–water partition coefficient (Wildman–Crippen LogP) is 4.97. The molecule has 1 saturated heterocycles. The summed E-state index contributed by atoms with van der Waals surface area (Å²) in [4.78, 5) is 6.19. The Kier molecular flexibility index (Phi) is 5.77. The van der Waals surface area contributed by atoms with Crippen LogP contribution in [0.3, 0.4) is 0 Å². The zero-order chi connectivity index (χ0) is 20.6. The average Bonchev–Trinajstić information content (AvgIpc) is 3.15. The third kappa shape index (κ3) is 4.11. The first kappa shape index (κ1) is 20.5. The van der Waals surface area contributed by atoms with Crippen molar-refractivity contribution in [2.75, 3.05) is 31.2 Å². The van der Waals surface area contributed by atoms with Crippen LogP contribution in [0, 0.1) is 0 Å². The lowest BCUT2D eigenvalue weighted by molar-refractivity contribution is 0.120. The Morgan fingerprint density at radius 1 is 0.931 bits per heavy atom. The number of hydrogen-bond acceptors (Lipinski definition) is 6. The Labute approximate surface area is 182 Å². The van der Waals surface area contributed by atoms with Gasteiger partial charge in [0, 0.05) is 23.1 Å². The zero-order valence-electron chi connectivity index (χ0n) is 14.9. The average molecular weight is 474 g/mol. The molecular formula is C19H15Cl3N2O4S. The second-order valence-corrected chi connectivity index (χ2v) is 9.46. The highest BCUT2D eigenvalue weighted by Gasteiger charge is 2.32. The van der Waals surface area contributed by atoms with Gasteiger partial charge in [0.05, 0.1) is 28.7 Å². The molecule has 2 heterocycles. The number of morpholine rings is 1. The van der Waals surface area contributed by atoms with Gasteiger partial charge in [-0.25, -0.2) is 8.42 Å². The Hall–Kier alpha value is -1.77. The lowest BCUT2D eigenvalue weighted by atomic mass is 10.2. The number of nitrogens with zero attached hydrogens (tertiary/aromatic N) is 2. The van der Waals surface area contributed by atoms with Crippen molar-refractivity contribution >= 4 is 50.5 Å². The van der Waals surface area contributed by atoms with E-state index in [2.05, 4.69) is 4.98 Å². The fraction of sp³-hybridized carbons (Fsp3) is 0.211. The number of benzene rings is 2. The molecule has 10 heteroatoms. The summed E-state index contributed by atoms with van der Waals surface area (Å²) < 4.78 is 37.9. The normalized spacial score (nSPS) is 14.9. The molecule has 0 atom stereocenters. The van der Waals surface area contributed by atoms with E-state index in [4.69, 9.17) is 44.0 Å². The van der Waals surface area contributed by atoms with Crippen molar-refractivity contribution < 1.29 is 17.6 Å². The van der Waals surface area contributed by atoms with Gasteiger partial charge in [0.2, 0.25) is 26.6 Å². The van der Waals surface area contributed by atoms with Crippen LogP contribution in [-0.2, 0) is 14.6 Å². The van der Waals surface area contributed by atoms with Gasteiger partial charge in [-0.1, -0.05) is 34.8 Å². The summed E-state index contributed by atoms with van der Waals surface area (Å²) in [5.74, 6) is 0.255. The van der Waals surface area contributed by atoms with Gasteiger partial charge in [-0.15, -0.1) is 0 Å². The van der Waals surface area contributed by atoms with Crippen molar-refractivity contribution in [3.8, 4) is 11.5 Å². The SMILES string of the molecule is O=S(=O)(c1ccc(Cl)cc1)c1nc(-c2ccc(Cl)cc2Cl)oc1N1CCOCC1. The molecule has 0 unspecified atom stereocenters. The van der Waals surface area contributed by atoms with Crippen molar-refractivity contribution in [1.82, 2.24) is 4.98 Å². The first-order valence-corrected chi connectivity index (χ1v) is 11.3. The lowest BCUT2D eigenvalue weighted by Gasteiger charge is -2.26. The first-order chi connectivity index (χ1) is 13.9. The topological polar surface area (TPSA) is 72.6 Å². The number of aromatic nitrogens is 1. The van der Waals surface area contributed by atoms with Gasteiger partial charge in [-0.3, -0.25) is 0 Å². The summed E-state index contributed by atoms with van der Waals surface area (Å²) in [5, 5.41) is 1.02. The summed E-state index contributed by atoms with van der Waals surface area (Å²) in [6, 6.07) is 10.7. The molecule has 6 nitrogen and oxygen atoms in total. The highest BCUT2D eigenvalue weighted by atomic mass is 35.5. The van der Waals surface area contributed by atoms with Crippen LogP contribution >= 0.6 is 34.8 Å². The van der Waals surface area contributed by atoms with E-state index >= 15 is 0 Å². The Morgan fingerprint density at radius 3 is 2.24 bits per heavy atom. The molecule has 0 bridgehead atoms. The molecule has 29 heavy (non-hydrogen) atoms. The Morgan fingerprint density at radius 2 is 1.59 bits per heavy atom. The molecule has 0 amide bonds. The minimum absolute atomic E-state index is 0.0680. The quantitative estimate of drug-likeness (QED) is 0.533. The summed E-state index contributed by atoms with van der Waals surface area (Å²) >= 11 is 18.1. The molecule has 1 aliphatic rings. The fourth-order valence-corrected chi connectivity index (χ4v) is 4.88. The van der Waals surface area contributed by atoms with E-state index in [1.54, 1.807) is 23.1 Å². The highest BCUT2D eigenvalue weighted by Crippen LogP contribution is 2.38. The third-order valence-corrected chi connectivity index (χ3v) is 6.89. The lowest BCUT2D eigenvalue weighted by Crippen LogP contribution is -2.36. The van der Waals surface area contributed by atoms with Crippen molar-refractivity contribution in [2.24, 2.45) is 0 Å². The molecule has 0 aliphatic carbocycles. The molecule has 2 aromatic carbocycles. The number of halogens is 3. The van der Waals surface area contributed by atoms with Gasteiger partial charge in [0.25, 0.3) is 0 Å². The highest BCUT2D eigenvalue weighted by molar-refractivity contribution is 7.91. The van der Waals surface area contributed by atoms with Gasteiger partial charge >= 0.3 is 0 Å². The molecule has 1 aliphatic heterocycles. The maximum absolute atomic E-state index is 13.3. The zero-order valence-corrected chi connectivity index (χ0v) is 18.0. The van der Waals surface area contributed by atoms with E-state index in [0.717, 1.165) is 0 Å². The van der Waals surface area contributed by atoms with Crippen molar-refractivity contribution in [2.45, 2.75) is 9.92 Å². The van der Waals surface area contributed by atoms with E-state index in [9.17, 15) is 8.42 Å². The standard InChI is InChI=1S/C19H15Cl3N2O4S/c20-12-1-4-14(5-2-12)29(25,26)18-19(24-7-9-27-10-8-24)28-17(23-18)15-6-3-13(21)11-16(15)22/h1-6,11H,7-10H2. The van der Waals surface area contributed by atoms with Crippen molar-refractivity contribution in [1.29, 1.82) is 0 Å². The van der Waals surface area contributed by atoms with Crippen LogP contribution in [0.15, 0.2) is 56.8 Å². The van der Waals surface area contributed by atoms with Crippen LogP contribution in [0.2, 0.25) is 15.1 Å². The van der Waals surface area contributed by atoms with Crippen LogP contribution in [0.25, 0.3) is 11.5 Å². The van der Waals surface area contributed by atoms with Gasteiger partial charge in [-0.2, -0.15) is 4.98 Å². The second kappa shape index (κ2) is 8.16. The summed E-state index contributed by atoms with van der Waals surface area (Å²) in [7, 11) is -3.96. The smallest absolute Gasteiger partial charge is 0.236 e. The van der Waals surface area contributed by atoms with E-state index in [0.29, 0.717) is 46.9 Å². The van der Waals surface area contributed by atoms with Crippen molar-refractivity contribution in [3.05, 3.63) is 57.5 Å². The number of rotatable bonds is 4. The molecule has 1 aromatic heterocycles. The van der Waals surface area contributed by atoms with E-state index in [-0.39, 0.29) is 21.7 Å². The minimum Gasteiger partial charge on any atom is -0.419 e. The number of ether oxygens (including phenoxy) is 1. The largest absolute Gasteiger partial charge is 0.419 e. The molecule has 3 aromatic rings. The number of hydrogen-bond donors (Lipinski definition) is 0. The summed E-state index contributed by atoms with van der Waals surface area (Å²) in [5.41, 5.74) is 0.447. The molecule has 0 radical (unpaired) electrons. The second-order valence-electron chi connectivity index (χ2n) is 6.31. The van der Waals surface area contributed by atoms with Crippen LogP contribution in [0.5, 0.6) is 0 Å². The van der Waals surface area contributed by atoms with Gasteiger partial charge in [-0.05, 0) is 42.5 Å². The number of sulfone groups is 1. The maximum Gasteiger partial charge on any atom is 0.236 e. The van der Waals surface area contributed by atoms with Gasteiger partial charge in [0.15, 0.2) is 0 Å². The molecule has 152 valence electrons. The molecule has 0 saturated carbocycles. The summed E-state index contributed by atoms with van der Waals surface area (Å²) in [6.45, 7) is 1.87. The maximum atomic E-state index is 13.3. The van der Waals surface area contributed by atoms with Gasteiger partial charge in [0.1, 0.15) is 0 Å². The fourth-order valence-electron chi connectivity index (χ4n) is 2.94. The van der Waals surface area contributed by atoms with Crippen LogP contribution < -0.4 is 4.90 Å². The van der Waals surface area contributed by atoms with Crippen LogP contribution in [0.1, 0.15) is 0 Å². The van der Waals surface area contributed by atoms with Crippen LogP contribution in [0.4, 0.5) is 5.88 Å². The molecule has 1 fully saturated rings. The molecule has 0 N–H and O–H groups in total. The Balaban J connectivity index is 1.87. The van der Waals surface area contributed by atoms with E-state index in [1.807, 2.05) is 0 Å². The molecule has 0 spiro atoms. The monoisotopic (exact) mass is 472 g/mol. The van der Waals surface area contributed by atoms with E-state index < -0.39 is 9.84 Å². The summed E-state index contributed by atoms with van der Waals surface area (Å²) in [6.07, 6.45) is 0. The molecular weight excluding hydrogens is 459 g/mol. The van der Waals surface area contributed by atoms with Crippen molar-refractivity contribution in [3.63, 3.8) is 0 Å². The number of anilines is 1. The molecule has 4 rings (SSSR count). The van der Waals surface area contributed by atoms with Crippen LogP contribution in [-0.4, -0.2) is 39.7 Å². The Bertz CT molecular complexity index is 1140. The van der Waals surface area contributed by atoms with E-state index in [1.165, 1.54) is 24.3 Å².